The molecule has 0 aromatic carbocycles. The fourth-order valence-corrected chi connectivity index (χ4v) is 3.66. The molecule has 2 aliphatic rings. The van der Waals surface area contributed by atoms with Gasteiger partial charge in [-0.05, 0) is 44.4 Å². The molecule has 0 radical (unpaired) electrons. The van der Waals surface area contributed by atoms with Crippen molar-refractivity contribution < 1.29 is 19.4 Å². The first-order valence-electron chi connectivity index (χ1n) is 9.46. The number of allylic oxidation sites excluding steroid dienone is 2. The summed E-state index contributed by atoms with van der Waals surface area (Å²) in [6.07, 6.45) is 13.7. The van der Waals surface area contributed by atoms with Crippen molar-refractivity contribution in [2.75, 3.05) is 0 Å². The van der Waals surface area contributed by atoms with E-state index in [-0.39, 0.29) is 30.5 Å². The molecular weight excluding hydrogens is 320 g/mol. The van der Waals surface area contributed by atoms with Crippen molar-refractivity contribution in [2.45, 2.75) is 76.9 Å². The van der Waals surface area contributed by atoms with Crippen LogP contribution in [0.15, 0.2) is 17.3 Å². The zero-order valence-corrected chi connectivity index (χ0v) is 15.0. The Balaban J connectivity index is 1.77. The number of amides is 1. The van der Waals surface area contributed by atoms with Crippen LogP contribution in [0, 0.1) is 11.8 Å². The highest BCUT2D eigenvalue weighted by Gasteiger charge is 2.47. The van der Waals surface area contributed by atoms with Crippen LogP contribution >= 0.6 is 0 Å². The number of nitrogens with one attached hydrogen (secondary N) is 1. The molecule has 2 bridgehead atoms. The highest BCUT2D eigenvalue weighted by molar-refractivity contribution is 5.77. The van der Waals surface area contributed by atoms with Crippen molar-refractivity contribution in [2.24, 2.45) is 16.9 Å². The minimum absolute atomic E-state index is 0.0305. The van der Waals surface area contributed by atoms with E-state index < -0.39 is 5.97 Å². The number of hydrogen-bond acceptors (Lipinski definition) is 4. The Morgan fingerprint density at radius 3 is 2.76 bits per heavy atom. The summed E-state index contributed by atoms with van der Waals surface area (Å²) in [5.74, 6) is -0.135. The number of hydrogen-bond donors (Lipinski definition) is 2. The first kappa shape index (κ1) is 19.6. The van der Waals surface area contributed by atoms with E-state index in [9.17, 15) is 9.59 Å². The van der Waals surface area contributed by atoms with Crippen molar-refractivity contribution in [3.63, 3.8) is 0 Å². The van der Waals surface area contributed by atoms with Gasteiger partial charge in [-0.2, -0.15) is 5.10 Å². The van der Waals surface area contributed by atoms with Crippen molar-refractivity contribution >= 4 is 18.1 Å². The van der Waals surface area contributed by atoms with Gasteiger partial charge in [-0.15, -0.1) is 0 Å². The standard InChI is InChI=1S/C19H30N2O4/c1-2-3-9-18(22)21-20-13-15-14(16-11-12-17(15)25-16)8-6-4-5-7-10-19(23)24/h4,6,13-17H,2-3,5,7-12H2,1H3,(H,21,22)(H,23,24)/t14-,15+,16-,17+/m1/s1. The molecule has 6 heteroatoms. The summed E-state index contributed by atoms with van der Waals surface area (Å²) < 4.78 is 6.01. The van der Waals surface area contributed by atoms with E-state index in [2.05, 4.69) is 29.6 Å². The van der Waals surface area contributed by atoms with E-state index in [0.29, 0.717) is 18.8 Å². The first-order valence-corrected chi connectivity index (χ1v) is 9.46. The highest BCUT2D eigenvalue weighted by atomic mass is 16.5. The number of fused-ring (bicyclic) bond motifs is 2. The molecule has 0 aliphatic carbocycles. The quantitative estimate of drug-likeness (QED) is 0.259. The lowest BCUT2D eigenvalue weighted by Crippen LogP contribution is -2.29. The average molecular weight is 350 g/mol. The Bertz CT molecular complexity index is 504. The van der Waals surface area contributed by atoms with Gasteiger partial charge >= 0.3 is 5.97 Å². The summed E-state index contributed by atoms with van der Waals surface area (Å²) in [5.41, 5.74) is 2.62. The monoisotopic (exact) mass is 350 g/mol. The third kappa shape index (κ3) is 6.27. The van der Waals surface area contributed by atoms with E-state index in [0.717, 1.165) is 38.5 Å². The zero-order valence-electron chi connectivity index (χ0n) is 15.0. The van der Waals surface area contributed by atoms with Gasteiger partial charge in [-0.1, -0.05) is 25.5 Å². The molecule has 1 amide bonds. The lowest BCUT2D eigenvalue weighted by atomic mass is 9.78. The number of carboxylic acid groups (broad SMARTS) is 1. The van der Waals surface area contributed by atoms with Gasteiger partial charge in [0.25, 0.3) is 0 Å². The fraction of sp³-hybridized carbons (Fsp3) is 0.737. The summed E-state index contributed by atoms with van der Waals surface area (Å²) in [6, 6.07) is 0. The highest BCUT2D eigenvalue weighted by Crippen LogP contribution is 2.44. The number of carboxylic acids is 1. The van der Waals surface area contributed by atoms with E-state index in [1.807, 2.05) is 6.21 Å². The summed E-state index contributed by atoms with van der Waals surface area (Å²) in [6.45, 7) is 2.06. The maximum absolute atomic E-state index is 11.6. The van der Waals surface area contributed by atoms with Crippen LogP contribution < -0.4 is 5.43 Å². The Hall–Kier alpha value is -1.69. The molecule has 2 N–H and O–H groups in total. The summed E-state index contributed by atoms with van der Waals surface area (Å²) in [4.78, 5) is 22.1. The van der Waals surface area contributed by atoms with Gasteiger partial charge in [0, 0.05) is 25.0 Å². The molecule has 2 saturated heterocycles. The number of nitrogens with zero attached hydrogens (tertiary/aromatic N) is 1. The predicted octanol–water partition coefficient (Wildman–Crippen LogP) is 3.27. The largest absolute Gasteiger partial charge is 0.481 e. The lowest BCUT2D eigenvalue weighted by molar-refractivity contribution is -0.137. The second-order valence-electron chi connectivity index (χ2n) is 6.94. The molecule has 0 aromatic heterocycles. The van der Waals surface area contributed by atoms with Gasteiger partial charge < -0.3 is 9.84 Å². The second-order valence-corrected chi connectivity index (χ2v) is 6.94. The van der Waals surface area contributed by atoms with E-state index in [1.54, 1.807) is 0 Å². The zero-order chi connectivity index (χ0) is 18.1. The maximum Gasteiger partial charge on any atom is 0.303 e. The van der Waals surface area contributed by atoms with Gasteiger partial charge in [0.05, 0.1) is 12.2 Å². The number of unbranched alkanes of at least 4 members (excludes halogenated alkanes) is 2. The molecule has 2 aliphatic heterocycles. The van der Waals surface area contributed by atoms with Crippen LogP contribution in [-0.2, 0) is 14.3 Å². The Labute approximate surface area is 149 Å². The van der Waals surface area contributed by atoms with Crippen LogP contribution in [0.5, 0.6) is 0 Å². The van der Waals surface area contributed by atoms with Gasteiger partial charge in [-0.3, -0.25) is 9.59 Å². The SMILES string of the molecule is CCCCC(=O)NN=C[C@H]1[C@@H](CC=CCCCC(=O)O)[C@H]2CC[C@@H]1O2. The van der Waals surface area contributed by atoms with Crippen molar-refractivity contribution in [1.29, 1.82) is 0 Å². The minimum atomic E-state index is -0.743. The normalized spacial score (nSPS) is 28.2. The topological polar surface area (TPSA) is 88.0 Å². The second kappa shape index (κ2) is 10.3. The van der Waals surface area contributed by atoms with Gasteiger partial charge in [0.1, 0.15) is 0 Å². The molecule has 25 heavy (non-hydrogen) atoms. The molecule has 2 heterocycles. The van der Waals surface area contributed by atoms with Crippen LogP contribution in [0.25, 0.3) is 0 Å². The smallest absolute Gasteiger partial charge is 0.303 e. The molecule has 0 aromatic rings. The minimum Gasteiger partial charge on any atom is -0.481 e. The summed E-state index contributed by atoms with van der Waals surface area (Å²) in [5, 5.41) is 12.8. The van der Waals surface area contributed by atoms with Crippen LogP contribution in [0.3, 0.4) is 0 Å². The van der Waals surface area contributed by atoms with E-state index >= 15 is 0 Å². The first-order chi connectivity index (χ1) is 12.1. The molecule has 2 fully saturated rings. The van der Waals surface area contributed by atoms with Crippen molar-refractivity contribution in [1.82, 2.24) is 5.43 Å². The number of rotatable bonds is 11. The van der Waals surface area contributed by atoms with Crippen LogP contribution in [0.4, 0.5) is 0 Å². The Morgan fingerprint density at radius 1 is 1.20 bits per heavy atom. The Morgan fingerprint density at radius 2 is 2.00 bits per heavy atom. The number of aliphatic carboxylic acids is 1. The van der Waals surface area contributed by atoms with Gasteiger partial charge in [0.2, 0.25) is 5.91 Å². The maximum atomic E-state index is 11.6. The molecule has 140 valence electrons. The van der Waals surface area contributed by atoms with E-state index in [1.165, 1.54) is 0 Å². The van der Waals surface area contributed by atoms with Gasteiger partial charge in [0.15, 0.2) is 0 Å². The molecule has 2 rings (SSSR count). The average Bonchev–Trinajstić information content (AvgIpc) is 3.18. The fourth-order valence-electron chi connectivity index (χ4n) is 3.66. The lowest BCUT2D eigenvalue weighted by Gasteiger charge is -2.23. The molecule has 0 spiro atoms. The summed E-state index contributed by atoms with van der Waals surface area (Å²) >= 11 is 0. The molecule has 6 nitrogen and oxygen atoms in total. The molecule has 4 atom stereocenters. The third-order valence-corrected chi connectivity index (χ3v) is 5.02. The molecule has 0 saturated carbocycles. The molecule has 0 unspecified atom stereocenters. The number of hydrazone groups is 1. The number of carbonyl (C=O) groups is 2. The van der Waals surface area contributed by atoms with Crippen LogP contribution in [0.1, 0.15) is 64.7 Å². The van der Waals surface area contributed by atoms with Gasteiger partial charge in [-0.25, -0.2) is 5.43 Å². The van der Waals surface area contributed by atoms with Crippen molar-refractivity contribution in [3.8, 4) is 0 Å². The Kier molecular flexibility index (Phi) is 8.12. The third-order valence-electron chi connectivity index (χ3n) is 5.02. The van der Waals surface area contributed by atoms with Crippen LogP contribution in [-0.4, -0.2) is 35.4 Å². The molecular formula is C19H30N2O4. The predicted molar refractivity (Wildman–Crippen MR) is 96.3 cm³/mol. The van der Waals surface area contributed by atoms with Crippen LogP contribution in [0.2, 0.25) is 0 Å². The summed E-state index contributed by atoms with van der Waals surface area (Å²) in [7, 11) is 0. The number of ether oxygens (including phenoxy) is 1. The van der Waals surface area contributed by atoms with Crippen molar-refractivity contribution in [3.05, 3.63) is 12.2 Å². The number of carbonyl (C=O) groups excluding carboxylic acids is 1. The van der Waals surface area contributed by atoms with E-state index in [4.69, 9.17) is 9.84 Å².